The molecule has 190 valence electrons. The van der Waals surface area contributed by atoms with Crippen LogP contribution in [-0.4, -0.2) is 33.4 Å². The largest absolute Gasteiger partial charge is 0.481 e. The third-order valence-corrected chi connectivity index (χ3v) is 10.4. The van der Waals surface area contributed by atoms with E-state index in [0.29, 0.717) is 30.3 Å². The lowest BCUT2D eigenvalue weighted by Gasteiger charge is -2.61. The van der Waals surface area contributed by atoms with Crippen LogP contribution >= 0.6 is 0 Å². The molecule has 0 aromatic carbocycles. The van der Waals surface area contributed by atoms with Crippen LogP contribution in [0.5, 0.6) is 0 Å². The van der Waals surface area contributed by atoms with Crippen LogP contribution in [-0.2, 0) is 9.59 Å². The summed E-state index contributed by atoms with van der Waals surface area (Å²) in [6.07, 6.45) is 8.86. The number of aliphatic hydroxyl groups is 1. The number of hydrogen-bond donors (Lipinski definition) is 3. The van der Waals surface area contributed by atoms with E-state index in [4.69, 9.17) is 0 Å². The molecule has 0 saturated heterocycles. The Morgan fingerprint density at radius 3 is 2.41 bits per heavy atom. The molecule has 0 bridgehead atoms. The Balaban J connectivity index is 1.99. The van der Waals surface area contributed by atoms with Crippen LogP contribution in [0.15, 0.2) is 35.5 Å². The molecule has 3 aliphatic carbocycles. The van der Waals surface area contributed by atoms with Gasteiger partial charge in [-0.1, -0.05) is 57.6 Å². The predicted molar refractivity (Wildman–Crippen MR) is 134 cm³/mol. The van der Waals surface area contributed by atoms with Gasteiger partial charge in [0.2, 0.25) is 0 Å². The second-order valence-corrected chi connectivity index (χ2v) is 12.2. The maximum Gasteiger partial charge on any atom is 0.330 e. The molecule has 0 amide bonds. The average molecular weight is 473 g/mol. The zero-order valence-electron chi connectivity index (χ0n) is 21.9. The van der Waals surface area contributed by atoms with Crippen LogP contribution in [0, 0.1) is 39.9 Å². The van der Waals surface area contributed by atoms with Gasteiger partial charge < -0.3 is 15.3 Å². The number of aliphatic hydroxyl groups excluding tert-OH is 1. The highest BCUT2D eigenvalue weighted by atomic mass is 16.4. The minimum atomic E-state index is -0.858. The van der Waals surface area contributed by atoms with Crippen LogP contribution in [0.2, 0.25) is 0 Å². The zero-order chi connectivity index (χ0) is 25.6. The number of rotatable bonds is 8. The summed E-state index contributed by atoms with van der Waals surface area (Å²) in [4.78, 5) is 22.8. The van der Waals surface area contributed by atoms with E-state index >= 15 is 0 Å². The first-order chi connectivity index (χ1) is 15.7. The number of carboxylic acids is 2. The molecule has 3 aliphatic rings. The highest BCUT2D eigenvalue weighted by molar-refractivity contribution is 5.85. The fourth-order valence-corrected chi connectivity index (χ4v) is 8.31. The maximum atomic E-state index is 11.5. The monoisotopic (exact) mass is 472 g/mol. The fraction of sp³-hybridized carbons (Fsp3) is 0.724. The predicted octanol–water partition coefficient (Wildman–Crippen LogP) is 6.24. The second kappa shape index (κ2) is 9.29. The van der Waals surface area contributed by atoms with Crippen molar-refractivity contribution in [3.63, 3.8) is 0 Å². The third-order valence-electron chi connectivity index (χ3n) is 10.4. The molecule has 2 saturated carbocycles. The summed E-state index contributed by atoms with van der Waals surface area (Å²) in [6, 6.07) is 0. The van der Waals surface area contributed by atoms with E-state index in [9.17, 15) is 24.9 Å². The molecule has 5 nitrogen and oxygen atoms in total. The Morgan fingerprint density at radius 2 is 1.85 bits per heavy atom. The second-order valence-electron chi connectivity index (χ2n) is 12.2. The number of allylic oxidation sites excluding steroid dienone is 3. The van der Waals surface area contributed by atoms with Gasteiger partial charge in [0.15, 0.2) is 0 Å². The standard InChI is InChI=1S/C29H44O5/c1-17(2)25-23(30)16-22-21(27(25,5)13-12-24(31)32)11-15-28(6)20(10-14-29(22,28)7)18(3)8-9-19(4)26(33)34/h9,11,18,20,22-23,25,30H,1,8,10,12-16H2,2-7H3,(H,31,32)(H,33,34)/t18-,20-,22-,23-,25-,27-,28-,29+/m1/s1. The van der Waals surface area contributed by atoms with Crippen LogP contribution < -0.4 is 0 Å². The van der Waals surface area contributed by atoms with Crippen molar-refractivity contribution in [1.82, 2.24) is 0 Å². The van der Waals surface area contributed by atoms with Crippen LogP contribution in [0.3, 0.4) is 0 Å². The summed E-state index contributed by atoms with van der Waals surface area (Å²) in [7, 11) is 0. The van der Waals surface area contributed by atoms with Gasteiger partial charge in [-0.15, -0.1) is 0 Å². The Labute approximate surface area is 205 Å². The lowest BCUT2D eigenvalue weighted by molar-refractivity contribution is -0.138. The quantitative estimate of drug-likeness (QED) is 0.287. The van der Waals surface area contributed by atoms with Gasteiger partial charge in [0, 0.05) is 17.9 Å². The SMILES string of the molecule is C=C(C)[C@@H]1[C@H](O)C[C@@H]2C(=CC[C@]3(C)[C@@H]([C@H](C)CC=C(C)C(=O)O)CC[C@@]23C)[C@@]1(C)CCC(=O)O. The van der Waals surface area contributed by atoms with Crippen molar-refractivity contribution < 1.29 is 24.9 Å². The van der Waals surface area contributed by atoms with Gasteiger partial charge >= 0.3 is 11.9 Å². The summed E-state index contributed by atoms with van der Waals surface area (Å²) >= 11 is 0. The molecule has 0 heterocycles. The molecular formula is C29H44O5. The average Bonchev–Trinajstić information content (AvgIpc) is 3.01. The molecule has 3 N–H and O–H groups in total. The molecule has 0 aliphatic heterocycles. The van der Waals surface area contributed by atoms with E-state index in [2.05, 4.69) is 40.3 Å². The van der Waals surface area contributed by atoms with Crippen LogP contribution in [0.1, 0.15) is 86.5 Å². The van der Waals surface area contributed by atoms with Crippen molar-refractivity contribution in [2.24, 2.45) is 39.9 Å². The maximum absolute atomic E-state index is 11.5. The highest BCUT2D eigenvalue weighted by Gasteiger charge is 2.64. The Kier molecular flexibility index (Phi) is 7.30. The van der Waals surface area contributed by atoms with Gasteiger partial charge in [-0.05, 0) is 86.4 Å². The van der Waals surface area contributed by atoms with E-state index in [-0.39, 0.29) is 29.1 Å². The van der Waals surface area contributed by atoms with Crippen LogP contribution in [0.4, 0.5) is 0 Å². The minimum absolute atomic E-state index is 0.00702. The Hall–Kier alpha value is -1.88. The zero-order valence-corrected chi connectivity index (χ0v) is 21.9. The van der Waals surface area contributed by atoms with Gasteiger partial charge in [0.1, 0.15) is 0 Å². The summed E-state index contributed by atoms with van der Waals surface area (Å²) in [6.45, 7) is 17.0. The normalized spacial score (nSPS) is 40.7. The Morgan fingerprint density at radius 1 is 1.21 bits per heavy atom. The first-order valence-electron chi connectivity index (χ1n) is 12.8. The van der Waals surface area contributed by atoms with Crippen LogP contribution in [0.25, 0.3) is 0 Å². The number of carbonyl (C=O) groups is 2. The minimum Gasteiger partial charge on any atom is -0.481 e. The number of fused-ring (bicyclic) bond motifs is 3. The third kappa shape index (κ3) is 4.19. The van der Waals surface area contributed by atoms with Crippen molar-refractivity contribution in [2.75, 3.05) is 0 Å². The number of hydrogen-bond acceptors (Lipinski definition) is 3. The molecule has 0 aromatic heterocycles. The van der Waals surface area contributed by atoms with E-state index in [1.165, 1.54) is 5.57 Å². The number of aliphatic carboxylic acids is 2. The Bertz CT molecular complexity index is 915. The van der Waals surface area contributed by atoms with E-state index < -0.39 is 23.5 Å². The van der Waals surface area contributed by atoms with E-state index in [1.807, 2.05) is 13.0 Å². The van der Waals surface area contributed by atoms with Crippen molar-refractivity contribution in [1.29, 1.82) is 0 Å². The summed E-state index contributed by atoms with van der Waals surface area (Å²) in [5.41, 5.74) is 2.31. The van der Waals surface area contributed by atoms with Crippen molar-refractivity contribution in [3.8, 4) is 0 Å². The highest BCUT2D eigenvalue weighted by Crippen LogP contribution is 2.71. The fourth-order valence-electron chi connectivity index (χ4n) is 8.31. The topological polar surface area (TPSA) is 94.8 Å². The van der Waals surface area contributed by atoms with Crippen molar-refractivity contribution >= 4 is 11.9 Å². The molecule has 34 heavy (non-hydrogen) atoms. The van der Waals surface area contributed by atoms with Gasteiger partial charge in [0.05, 0.1) is 6.10 Å². The lowest BCUT2D eigenvalue weighted by Crippen LogP contribution is -2.55. The molecule has 3 rings (SSSR count). The van der Waals surface area contributed by atoms with E-state index in [1.54, 1.807) is 6.92 Å². The molecule has 0 radical (unpaired) electrons. The lowest BCUT2D eigenvalue weighted by atomic mass is 9.44. The van der Waals surface area contributed by atoms with E-state index in [0.717, 1.165) is 31.3 Å². The first kappa shape index (κ1) is 26.7. The molecule has 5 heteroatoms. The summed E-state index contributed by atoms with van der Waals surface area (Å²) in [5, 5.41) is 30.1. The van der Waals surface area contributed by atoms with Gasteiger partial charge in [-0.2, -0.15) is 0 Å². The van der Waals surface area contributed by atoms with Crippen molar-refractivity contribution in [3.05, 3.63) is 35.5 Å². The molecule has 0 spiro atoms. The van der Waals surface area contributed by atoms with Crippen molar-refractivity contribution in [2.45, 2.75) is 92.6 Å². The molecule has 0 aromatic rings. The first-order valence-corrected chi connectivity index (χ1v) is 12.8. The molecule has 8 atom stereocenters. The molecule has 0 unspecified atom stereocenters. The summed E-state index contributed by atoms with van der Waals surface area (Å²) < 4.78 is 0. The van der Waals surface area contributed by atoms with Gasteiger partial charge in [0.25, 0.3) is 0 Å². The smallest absolute Gasteiger partial charge is 0.330 e. The molecular weight excluding hydrogens is 428 g/mol. The van der Waals surface area contributed by atoms with Gasteiger partial charge in [-0.3, -0.25) is 4.79 Å². The number of carboxylic acid groups (broad SMARTS) is 2. The molecule has 2 fully saturated rings. The summed E-state index contributed by atoms with van der Waals surface area (Å²) in [5.74, 6) is -0.749. The van der Waals surface area contributed by atoms with Gasteiger partial charge in [-0.25, -0.2) is 4.79 Å².